The largest absolute Gasteiger partial charge is 0.425 e. The van der Waals surface area contributed by atoms with Gasteiger partial charge in [0.15, 0.2) is 0 Å². The van der Waals surface area contributed by atoms with Crippen molar-refractivity contribution >= 4 is 11.9 Å². The maximum Gasteiger partial charge on any atom is 0.341 e. The van der Waals surface area contributed by atoms with Crippen LogP contribution >= 0.6 is 0 Å². The molecule has 0 saturated carbocycles. The molecule has 110 valence electrons. The molecule has 1 aromatic carbocycles. The first-order valence-corrected chi connectivity index (χ1v) is 7.01. The van der Waals surface area contributed by atoms with Gasteiger partial charge in [-0.2, -0.15) is 0 Å². The molecule has 4 nitrogen and oxygen atoms in total. The monoisotopic (exact) mass is 278 g/mol. The molecule has 0 heterocycles. The Bertz CT molecular complexity index is 425. The summed E-state index contributed by atoms with van der Waals surface area (Å²) in [6.45, 7) is 5.52. The lowest BCUT2D eigenvalue weighted by Crippen LogP contribution is -2.26. The molecular formula is C16H22O4. The van der Waals surface area contributed by atoms with Crippen molar-refractivity contribution in [3.05, 3.63) is 35.9 Å². The van der Waals surface area contributed by atoms with Crippen molar-refractivity contribution in [2.24, 2.45) is 5.92 Å². The molecule has 1 atom stereocenters. The molecule has 0 radical (unpaired) electrons. The molecule has 0 aliphatic heterocycles. The highest BCUT2D eigenvalue weighted by Gasteiger charge is 2.21. The van der Waals surface area contributed by atoms with E-state index in [0.717, 1.165) is 12.8 Å². The van der Waals surface area contributed by atoms with E-state index in [9.17, 15) is 9.59 Å². The zero-order valence-electron chi connectivity index (χ0n) is 12.3. The second-order valence-electron chi connectivity index (χ2n) is 4.93. The molecule has 20 heavy (non-hydrogen) atoms. The van der Waals surface area contributed by atoms with Crippen LogP contribution in [0.2, 0.25) is 0 Å². The number of unbranched alkanes of at least 4 members (excludes halogenated alkanes) is 1. The van der Waals surface area contributed by atoms with Gasteiger partial charge in [-0.05, 0) is 18.6 Å². The van der Waals surface area contributed by atoms with E-state index in [-0.39, 0.29) is 11.9 Å². The van der Waals surface area contributed by atoms with Gasteiger partial charge in [0.05, 0.1) is 11.5 Å². The molecule has 0 aromatic heterocycles. The Labute approximate surface area is 120 Å². The van der Waals surface area contributed by atoms with Gasteiger partial charge >= 0.3 is 11.9 Å². The van der Waals surface area contributed by atoms with Gasteiger partial charge in [-0.25, -0.2) is 4.79 Å². The van der Waals surface area contributed by atoms with E-state index in [1.165, 1.54) is 0 Å². The topological polar surface area (TPSA) is 52.6 Å². The van der Waals surface area contributed by atoms with Gasteiger partial charge < -0.3 is 9.47 Å². The molecule has 0 aliphatic carbocycles. The quantitative estimate of drug-likeness (QED) is 0.565. The van der Waals surface area contributed by atoms with Gasteiger partial charge in [0.25, 0.3) is 0 Å². The van der Waals surface area contributed by atoms with Crippen LogP contribution < -0.4 is 0 Å². The summed E-state index contributed by atoms with van der Waals surface area (Å²) in [4.78, 5) is 23.6. The van der Waals surface area contributed by atoms with Crippen LogP contribution in [0.1, 0.15) is 50.4 Å². The van der Waals surface area contributed by atoms with Gasteiger partial charge in [-0.1, -0.05) is 45.4 Å². The van der Waals surface area contributed by atoms with Crippen molar-refractivity contribution in [3.63, 3.8) is 0 Å². The lowest BCUT2D eigenvalue weighted by Gasteiger charge is -2.19. The van der Waals surface area contributed by atoms with Crippen molar-refractivity contribution in [2.75, 3.05) is 0 Å². The number of carbonyl (C=O) groups is 2. The predicted octanol–water partition coefficient (Wildman–Crippen LogP) is 3.56. The summed E-state index contributed by atoms with van der Waals surface area (Å²) in [5.74, 6) is -1.07. The number of esters is 2. The van der Waals surface area contributed by atoms with Crippen molar-refractivity contribution in [2.45, 2.75) is 46.3 Å². The molecule has 0 aliphatic rings. The summed E-state index contributed by atoms with van der Waals surface area (Å²) in [7, 11) is 0. The SMILES string of the molecule is CCCCC(OC(=O)c1ccccc1)OC(=O)C(C)C. The molecule has 0 saturated heterocycles. The molecule has 0 bridgehead atoms. The van der Waals surface area contributed by atoms with E-state index in [2.05, 4.69) is 0 Å². The molecular weight excluding hydrogens is 256 g/mol. The van der Waals surface area contributed by atoms with Gasteiger partial charge in [0.2, 0.25) is 6.29 Å². The Morgan fingerprint density at radius 2 is 1.75 bits per heavy atom. The third-order valence-electron chi connectivity index (χ3n) is 2.76. The summed E-state index contributed by atoms with van der Waals surface area (Å²) in [6.07, 6.45) is 1.49. The van der Waals surface area contributed by atoms with Crippen LogP contribution in [0.15, 0.2) is 30.3 Å². The van der Waals surface area contributed by atoms with Crippen LogP contribution in [0.5, 0.6) is 0 Å². The smallest absolute Gasteiger partial charge is 0.341 e. The van der Waals surface area contributed by atoms with Crippen LogP contribution in [0.4, 0.5) is 0 Å². The number of hydrogen-bond donors (Lipinski definition) is 0. The first kappa shape index (κ1) is 16.2. The summed E-state index contributed by atoms with van der Waals surface area (Å²) >= 11 is 0. The van der Waals surface area contributed by atoms with Crippen molar-refractivity contribution < 1.29 is 19.1 Å². The molecule has 1 unspecified atom stereocenters. The Morgan fingerprint density at radius 1 is 1.10 bits per heavy atom. The summed E-state index contributed by atoms with van der Waals surface area (Å²) < 4.78 is 10.5. The minimum Gasteiger partial charge on any atom is -0.425 e. The van der Waals surface area contributed by atoms with E-state index in [1.54, 1.807) is 38.1 Å². The minimum atomic E-state index is -0.808. The molecule has 0 spiro atoms. The molecule has 0 N–H and O–H groups in total. The highest BCUT2D eigenvalue weighted by atomic mass is 16.7. The van der Waals surface area contributed by atoms with E-state index in [4.69, 9.17) is 9.47 Å². The highest BCUT2D eigenvalue weighted by molar-refractivity contribution is 5.89. The predicted molar refractivity (Wildman–Crippen MR) is 76.1 cm³/mol. The first-order chi connectivity index (χ1) is 9.54. The standard InChI is InChI=1S/C16H22O4/c1-4-5-11-14(19-15(17)12(2)3)20-16(18)13-9-7-6-8-10-13/h6-10,12,14H,4-5,11H2,1-3H3. The number of rotatable bonds is 7. The van der Waals surface area contributed by atoms with Crippen molar-refractivity contribution in [3.8, 4) is 0 Å². The Morgan fingerprint density at radius 3 is 2.30 bits per heavy atom. The summed E-state index contributed by atoms with van der Waals surface area (Å²) in [6, 6.07) is 8.69. The maximum atomic E-state index is 12.0. The number of carbonyl (C=O) groups excluding carboxylic acids is 2. The van der Waals surface area contributed by atoms with Gasteiger partial charge in [0.1, 0.15) is 0 Å². The van der Waals surface area contributed by atoms with Crippen LogP contribution in [0.25, 0.3) is 0 Å². The van der Waals surface area contributed by atoms with Gasteiger partial charge in [-0.3, -0.25) is 4.79 Å². The van der Waals surface area contributed by atoms with Gasteiger partial charge in [0, 0.05) is 6.42 Å². The fourth-order valence-electron chi connectivity index (χ4n) is 1.54. The molecule has 1 rings (SSSR count). The van der Waals surface area contributed by atoms with Crippen LogP contribution in [0.3, 0.4) is 0 Å². The average Bonchev–Trinajstić information content (AvgIpc) is 2.45. The number of hydrogen-bond acceptors (Lipinski definition) is 4. The van der Waals surface area contributed by atoms with E-state index in [1.807, 2.05) is 13.0 Å². The van der Waals surface area contributed by atoms with Crippen LogP contribution in [0, 0.1) is 5.92 Å². The normalized spacial score (nSPS) is 12.0. The fraction of sp³-hybridized carbons (Fsp3) is 0.500. The second-order valence-corrected chi connectivity index (χ2v) is 4.93. The third-order valence-corrected chi connectivity index (χ3v) is 2.76. The average molecular weight is 278 g/mol. The molecule has 0 fully saturated rings. The highest BCUT2D eigenvalue weighted by Crippen LogP contribution is 2.12. The van der Waals surface area contributed by atoms with Crippen molar-refractivity contribution in [1.82, 2.24) is 0 Å². The Kier molecular flexibility index (Phi) is 6.77. The minimum absolute atomic E-state index is 0.241. The zero-order valence-corrected chi connectivity index (χ0v) is 12.3. The number of ether oxygens (including phenoxy) is 2. The van der Waals surface area contributed by atoms with Gasteiger partial charge in [-0.15, -0.1) is 0 Å². The third kappa shape index (κ3) is 5.43. The van der Waals surface area contributed by atoms with E-state index < -0.39 is 12.3 Å². The lowest BCUT2D eigenvalue weighted by molar-refractivity contribution is -0.173. The van der Waals surface area contributed by atoms with E-state index >= 15 is 0 Å². The fourth-order valence-corrected chi connectivity index (χ4v) is 1.54. The second kappa shape index (κ2) is 8.35. The van der Waals surface area contributed by atoms with Crippen molar-refractivity contribution in [1.29, 1.82) is 0 Å². The summed E-state index contributed by atoms with van der Waals surface area (Å²) in [5, 5.41) is 0. The summed E-state index contributed by atoms with van der Waals surface area (Å²) in [5.41, 5.74) is 0.453. The lowest BCUT2D eigenvalue weighted by atomic mass is 10.2. The number of benzene rings is 1. The van der Waals surface area contributed by atoms with E-state index in [0.29, 0.717) is 12.0 Å². The first-order valence-electron chi connectivity index (χ1n) is 7.01. The molecule has 0 amide bonds. The maximum absolute atomic E-state index is 12.0. The molecule has 1 aromatic rings. The Balaban J connectivity index is 2.64. The van der Waals surface area contributed by atoms with Crippen LogP contribution in [-0.2, 0) is 14.3 Å². The zero-order chi connectivity index (χ0) is 15.0. The van der Waals surface area contributed by atoms with Crippen LogP contribution in [-0.4, -0.2) is 18.2 Å². The molecule has 4 heteroatoms. The Hall–Kier alpha value is -1.84.